The smallest absolute Gasteiger partial charge is 0.266 e. The zero-order valence-corrected chi connectivity index (χ0v) is 14.2. The highest BCUT2D eigenvalue weighted by molar-refractivity contribution is 6.30. The standard InChI is InChI=1S/C19H17ClN2O2/c1-13(2)24-18-6-4-3-5-14(18)11-15(12-21)19(23)22-17-9-7-16(20)8-10-17/h3-11,13H,1-2H3,(H,22,23)/b15-11-. The summed E-state index contributed by atoms with van der Waals surface area (Å²) in [6, 6.07) is 15.9. The molecule has 0 aliphatic carbocycles. The van der Waals surface area contributed by atoms with Crippen LogP contribution in [0.3, 0.4) is 0 Å². The zero-order valence-electron chi connectivity index (χ0n) is 13.4. The van der Waals surface area contributed by atoms with Gasteiger partial charge in [0.2, 0.25) is 0 Å². The summed E-state index contributed by atoms with van der Waals surface area (Å²) in [5, 5.41) is 12.6. The topological polar surface area (TPSA) is 62.1 Å². The first-order valence-electron chi connectivity index (χ1n) is 7.44. The second-order valence-corrected chi connectivity index (χ2v) is 5.77. The van der Waals surface area contributed by atoms with Crippen molar-refractivity contribution in [2.24, 2.45) is 0 Å². The molecule has 0 heterocycles. The van der Waals surface area contributed by atoms with Gasteiger partial charge in [0.1, 0.15) is 17.4 Å². The van der Waals surface area contributed by atoms with E-state index in [1.165, 1.54) is 6.08 Å². The molecule has 0 radical (unpaired) electrons. The molecule has 0 aliphatic heterocycles. The van der Waals surface area contributed by atoms with Crippen LogP contribution < -0.4 is 10.1 Å². The summed E-state index contributed by atoms with van der Waals surface area (Å²) < 4.78 is 5.70. The summed E-state index contributed by atoms with van der Waals surface area (Å²) >= 11 is 5.81. The molecule has 0 bridgehead atoms. The molecule has 122 valence electrons. The van der Waals surface area contributed by atoms with Gasteiger partial charge in [0.05, 0.1) is 6.10 Å². The highest BCUT2D eigenvalue weighted by atomic mass is 35.5. The number of hydrogen-bond acceptors (Lipinski definition) is 3. The lowest BCUT2D eigenvalue weighted by Gasteiger charge is -2.12. The van der Waals surface area contributed by atoms with Crippen LogP contribution in [0.15, 0.2) is 54.1 Å². The average molecular weight is 341 g/mol. The van der Waals surface area contributed by atoms with Gasteiger partial charge < -0.3 is 10.1 Å². The number of benzene rings is 2. The van der Waals surface area contributed by atoms with E-state index in [4.69, 9.17) is 16.3 Å². The monoisotopic (exact) mass is 340 g/mol. The summed E-state index contributed by atoms with van der Waals surface area (Å²) in [5.41, 5.74) is 1.23. The number of ether oxygens (including phenoxy) is 1. The minimum atomic E-state index is -0.487. The maximum absolute atomic E-state index is 12.3. The third-order valence-electron chi connectivity index (χ3n) is 3.05. The van der Waals surface area contributed by atoms with E-state index in [2.05, 4.69) is 5.32 Å². The second-order valence-electron chi connectivity index (χ2n) is 5.34. The molecule has 0 fully saturated rings. The van der Waals surface area contributed by atoms with Crippen molar-refractivity contribution in [1.82, 2.24) is 0 Å². The van der Waals surface area contributed by atoms with Gasteiger partial charge in [-0.2, -0.15) is 5.26 Å². The highest BCUT2D eigenvalue weighted by Gasteiger charge is 2.11. The molecule has 0 atom stereocenters. The zero-order chi connectivity index (χ0) is 17.5. The van der Waals surface area contributed by atoms with E-state index in [0.29, 0.717) is 22.0 Å². The van der Waals surface area contributed by atoms with E-state index >= 15 is 0 Å². The fourth-order valence-electron chi connectivity index (χ4n) is 2.00. The Morgan fingerprint density at radius 2 is 1.88 bits per heavy atom. The molecular weight excluding hydrogens is 324 g/mol. The Hall–Kier alpha value is -2.77. The van der Waals surface area contributed by atoms with E-state index in [0.717, 1.165) is 0 Å². The van der Waals surface area contributed by atoms with Gasteiger partial charge in [0, 0.05) is 16.3 Å². The Kier molecular flexibility index (Phi) is 6.00. The van der Waals surface area contributed by atoms with Gasteiger partial charge in [0.15, 0.2) is 0 Å². The van der Waals surface area contributed by atoms with Crippen LogP contribution in [0.4, 0.5) is 5.69 Å². The Balaban J connectivity index is 2.24. The largest absolute Gasteiger partial charge is 0.490 e. The van der Waals surface area contributed by atoms with E-state index in [9.17, 15) is 10.1 Å². The fourth-order valence-corrected chi connectivity index (χ4v) is 2.12. The van der Waals surface area contributed by atoms with Crippen molar-refractivity contribution in [2.75, 3.05) is 5.32 Å². The van der Waals surface area contributed by atoms with Crippen LogP contribution in [0, 0.1) is 11.3 Å². The summed E-state index contributed by atoms with van der Waals surface area (Å²) in [5.74, 6) is 0.138. The van der Waals surface area contributed by atoms with Gasteiger partial charge >= 0.3 is 0 Å². The number of nitriles is 1. The second kappa shape index (κ2) is 8.19. The first-order chi connectivity index (χ1) is 11.5. The molecule has 4 nitrogen and oxygen atoms in total. The van der Waals surface area contributed by atoms with Gasteiger partial charge in [-0.25, -0.2) is 0 Å². The Morgan fingerprint density at radius 3 is 2.50 bits per heavy atom. The van der Waals surface area contributed by atoms with Crippen molar-refractivity contribution in [3.05, 3.63) is 64.7 Å². The number of rotatable bonds is 5. The van der Waals surface area contributed by atoms with Gasteiger partial charge in [-0.05, 0) is 50.3 Å². The van der Waals surface area contributed by atoms with Crippen LogP contribution in [-0.2, 0) is 4.79 Å². The lowest BCUT2D eigenvalue weighted by Crippen LogP contribution is -2.13. The summed E-state index contributed by atoms with van der Waals surface area (Å²) in [7, 11) is 0. The molecule has 0 aliphatic rings. The number of carbonyl (C=O) groups excluding carboxylic acids is 1. The molecule has 2 aromatic carbocycles. The van der Waals surface area contributed by atoms with E-state index in [-0.39, 0.29) is 11.7 Å². The predicted octanol–water partition coefficient (Wildman–Crippen LogP) is 4.67. The highest BCUT2D eigenvalue weighted by Crippen LogP contribution is 2.22. The molecule has 1 N–H and O–H groups in total. The Labute approximate surface area is 146 Å². The first-order valence-corrected chi connectivity index (χ1v) is 7.82. The minimum Gasteiger partial charge on any atom is -0.490 e. The van der Waals surface area contributed by atoms with Crippen molar-refractivity contribution < 1.29 is 9.53 Å². The summed E-state index contributed by atoms with van der Waals surface area (Å²) in [4.78, 5) is 12.3. The number of para-hydroxylation sites is 1. The number of nitrogens with zero attached hydrogens (tertiary/aromatic N) is 1. The van der Waals surface area contributed by atoms with Crippen LogP contribution in [0.2, 0.25) is 5.02 Å². The van der Waals surface area contributed by atoms with Crippen LogP contribution in [0.25, 0.3) is 6.08 Å². The molecule has 5 heteroatoms. The lowest BCUT2D eigenvalue weighted by atomic mass is 10.1. The maximum Gasteiger partial charge on any atom is 0.266 e. The minimum absolute atomic E-state index is 0.00650. The van der Waals surface area contributed by atoms with Gasteiger partial charge in [-0.15, -0.1) is 0 Å². The Bertz CT molecular complexity index is 790. The quantitative estimate of drug-likeness (QED) is 0.635. The third kappa shape index (κ3) is 4.87. The molecule has 0 unspecified atom stereocenters. The number of hydrogen-bond donors (Lipinski definition) is 1. The third-order valence-corrected chi connectivity index (χ3v) is 3.30. The van der Waals surface area contributed by atoms with Crippen LogP contribution >= 0.6 is 11.6 Å². The van der Waals surface area contributed by atoms with Crippen LogP contribution in [0.5, 0.6) is 5.75 Å². The van der Waals surface area contributed by atoms with Gasteiger partial charge in [-0.1, -0.05) is 29.8 Å². The van der Waals surface area contributed by atoms with Crippen molar-refractivity contribution in [2.45, 2.75) is 20.0 Å². The number of halogens is 1. The van der Waals surface area contributed by atoms with Crippen LogP contribution in [-0.4, -0.2) is 12.0 Å². The summed E-state index contributed by atoms with van der Waals surface area (Å²) in [6.07, 6.45) is 1.51. The van der Waals surface area contributed by atoms with E-state index < -0.39 is 5.91 Å². The average Bonchev–Trinajstić information content (AvgIpc) is 2.55. The fraction of sp³-hybridized carbons (Fsp3) is 0.158. The molecular formula is C19H17ClN2O2. The first kappa shape index (κ1) is 17.6. The molecule has 2 rings (SSSR count). The number of anilines is 1. The predicted molar refractivity (Wildman–Crippen MR) is 95.9 cm³/mol. The van der Waals surface area contributed by atoms with Crippen LogP contribution in [0.1, 0.15) is 19.4 Å². The molecule has 0 spiro atoms. The SMILES string of the molecule is CC(C)Oc1ccccc1/C=C(/C#N)C(=O)Nc1ccc(Cl)cc1. The lowest BCUT2D eigenvalue weighted by molar-refractivity contribution is -0.112. The Morgan fingerprint density at radius 1 is 1.21 bits per heavy atom. The number of carbonyl (C=O) groups is 1. The van der Waals surface area contributed by atoms with Gasteiger partial charge in [0.25, 0.3) is 5.91 Å². The molecule has 2 aromatic rings. The number of nitrogens with one attached hydrogen (secondary N) is 1. The van der Waals surface area contributed by atoms with Crippen molar-refractivity contribution >= 4 is 29.3 Å². The van der Waals surface area contributed by atoms with Crippen molar-refractivity contribution in [1.29, 1.82) is 5.26 Å². The molecule has 0 saturated heterocycles. The molecule has 0 saturated carbocycles. The van der Waals surface area contributed by atoms with Gasteiger partial charge in [-0.3, -0.25) is 4.79 Å². The van der Waals surface area contributed by atoms with Crippen molar-refractivity contribution in [3.63, 3.8) is 0 Å². The normalized spacial score (nSPS) is 11.0. The summed E-state index contributed by atoms with van der Waals surface area (Å²) in [6.45, 7) is 3.83. The van der Waals surface area contributed by atoms with E-state index in [1.807, 2.05) is 32.0 Å². The van der Waals surface area contributed by atoms with Crippen molar-refractivity contribution in [3.8, 4) is 11.8 Å². The van der Waals surface area contributed by atoms with E-state index in [1.54, 1.807) is 36.4 Å². The molecule has 1 amide bonds. The number of amides is 1. The molecule has 24 heavy (non-hydrogen) atoms. The maximum atomic E-state index is 12.3. The molecule has 0 aromatic heterocycles.